The maximum atomic E-state index is 12.3. The molecule has 4 nitrogen and oxygen atoms in total. The monoisotopic (exact) mass is 296 g/mol. The summed E-state index contributed by atoms with van der Waals surface area (Å²) < 4.78 is 0. The molecular weight excluding hydrogens is 276 g/mol. The fourth-order valence-corrected chi connectivity index (χ4v) is 2.13. The van der Waals surface area contributed by atoms with Crippen molar-refractivity contribution in [3.8, 4) is 0 Å². The van der Waals surface area contributed by atoms with Gasteiger partial charge in [-0.1, -0.05) is 48.5 Å². The molecule has 0 aliphatic rings. The van der Waals surface area contributed by atoms with Crippen molar-refractivity contribution in [2.45, 2.75) is 12.5 Å². The molecule has 2 amide bonds. The zero-order valence-electron chi connectivity index (χ0n) is 12.8. The minimum atomic E-state index is -0.344. The molecule has 0 aromatic heterocycles. The summed E-state index contributed by atoms with van der Waals surface area (Å²) in [5.74, 6) is -0.205. The summed E-state index contributed by atoms with van der Waals surface area (Å²) in [7, 11) is 3.42. The van der Waals surface area contributed by atoms with E-state index in [4.69, 9.17) is 0 Å². The Labute approximate surface area is 130 Å². The average Bonchev–Trinajstić information content (AvgIpc) is 2.55. The Morgan fingerprint density at radius 2 is 1.50 bits per heavy atom. The lowest BCUT2D eigenvalue weighted by molar-refractivity contribution is -0.129. The van der Waals surface area contributed by atoms with E-state index in [1.807, 2.05) is 48.5 Å². The zero-order valence-corrected chi connectivity index (χ0v) is 12.8. The van der Waals surface area contributed by atoms with Gasteiger partial charge in [0.15, 0.2) is 0 Å². The second-order valence-electron chi connectivity index (χ2n) is 5.30. The number of rotatable bonds is 5. The normalized spacial score (nSPS) is 11.5. The molecule has 0 spiro atoms. The predicted molar refractivity (Wildman–Crippen MR) is 86.4 cm³/mol. The van der Waals surface area contributed by atoms with Crippen LogP contribution < -0.4 is 5.32 Å². The van der Waals surface area contributed by atoms with Gasteiger partial charge in [0, 0.05) is 19.7 Å². The van der Waals surface area contributed by atoms with E-state index in [9.17, 15) is 9.59 Å². The Bertz CT molecular complexity index is 624. The molecule has 0 saturated heterocycles. The van der Waals surface area contributed by atoms with Gasteiger partial charge in [0.05, 0.1) is 12.5 Å². The molecule has 1 N–H and O–H groups in total. The van der Waals surface area contributed by atoms with Gasteiger partial charge in [-0.05, 0) is 17.7 Å². The first kappa shape index (κ1) is 15.8. The van der Waals surface area contributed by atoms with Crippen LogP contribution in [0.3, 0.4) is 0 Å². The largest absolute Gasteiger partial charge is 0.349 e. The van der Waals surface area contributed by atoms with Gasteiger partial charge in [-0.15, -0.1) is 0 Å². The molecule has 0 saturated carbocycles. The van der Waals surface area contributed by atoms with Gasteiger partial charge in [0.2, 0.25) is 5.91 Å². The van der Waals surface area contributed by atoms with Crippen molar-refractivity contribution in [1.29, 1.82) is 0 Å². The predicted octanol–water partition coefficient (Wildman–Crippen LogP) is 2.64. The van der Waals surface area contributed by atoms with Gasteiger partial charge in [-0.2, -0.15) is 0 Å². The summed E-state index contributed by atoms with van der Waals surface area (Å²) in [5.41, 5.74) is 1.50. The molecule has 0 heterocycles. The lowest BCUT2D eigenvalue weighted by atomic mass is 10.0. The van der Waals surface area contributed by atoms with E-state index in [0.717, 1.165) is 5.56 Å². The maximum absolute atomic E-state index is 12.3. The van der Waals surface area contributed by atoms with E-state index in [1.54, 1.807) is 26.2 Å². The van der Waals surface area contributed by atoms with E-state index in [2.05, 4.69) is 5.32 Å². The highest BCUT2D eigenvalue weighted by Gasteiger charge is 2.19. The number of carbonyl (C=O) groups is 2. The summed E-state index contributed by atoms with van der Waals surface area (Å²) >= 11 is 0. The molecule has 0 aliphatic heterocycles. The molecule has 22 heavy (non-hydrogen) atoms. The fourth-order valence-electron chi connectivity index (χ4n) is 2.13. The van der Waals surface area contributed by atoms with Crippen molar-refractivity contribution in [2.75, 3.05) is 14.1 Å². The van der Waals surface area contributed by atoms with Crippen LogP contribution in [-0.2, 0) is 4.79 Å². The first-order valence-electron chi connectivity index (χ1n) is 7.19. The van der Waals surface area contributed by atoms with Crippen LogP contribution in [0.15, 0.2) is 60.7 Å². The lowest BCUT2D eigenvalue weighted by Crippen LogP contribution is -2.33. The third kappa shape index (κ3) is 4.19. The van der Waals surface area contributed by atoms with Gasteiger partial charge < -0.3 is 10.2 Å². The molecule has 4 heteroatoms. The molecule has 0 fully saturated rings. The van der Waals surface area contributed by atoms with E-state index in [0.29, 0.717) is 5.56 Å². The second-order valence-corrected chi connectivity index (χ2v) is 5.30. The van der Waals surface area contributed by atoms with Crippen molar-refractivity contribution >= 4 is 11.8 Å². The highest BCUT2D eigenvalue weighted by atomic mass is 16.2. The SMILES string of the molecule is CN(C)C(=O)C[C@H](NC(=O)c1ccccc1)c1ccccc1. The quantitative estimate of drug-likeness (QED) is 0.922. The maximum Gasteiger partial charge on any atom is 0.251 e. The zero-order chi connectivity index (χ0) is 15.9. The van der Waals surface area contributed by atoms with Gasteiger partial charge in [0.1, 0.15) is 0 Å². The van der Waals surface area contributed by atoms with Crippen molar-refractivity contribution in [3.63, 3.8) is 0 Å². The highest BCUT2D eigenvalue weighted by Crippen LogP contribution is 2.18. The molecule has 0 unspecified atom stereocenters. The summed E-state index contributed by atoms with van der Waals surface area (Å²) in [6, 6.07) is 18.2. The summed E-state index contributed by atoms with van der Waals surface area (Å²) in [6.07, 6.45) is 0.232. The first-order valence-corrected chi connectivity index (χ1v) is 7.19. The van der Waals surface area contributed by atoms with Crippen LogP contribution in [-0.4, -0.2) is 30.8 Å². The first-order chi connectivity index (χ1) is 10.6. The fraction of sp³-hybridized carbons (Fsp3) is 0.222. The number of benzene rings is 2. The van der Waals surface area contributed by atoms with Crippen LogP contribution in [0.4, 0.5) is 0 Å². The topological polar surface area (TPSA) is 49.4 Å². The molecule has 114 valence electrons. The molecule has 1 atom stereocenters. The van der Waals surface area contributed by atoms with Crippen LogP contribution in [0.5, 0.6) is 0 Å². The van der Waals surface area contributed by atoms with Crippen molar-refractivity contribution < 1.29 is 9.59 Å². The van der Waals surface area contributed by atoms with Gasteiger partial charge >= 0.3 is 0 Å². The van der Waals surface area contributed by atoms with Crippen LogP contribution in [0, 0.1) is 0 Å². The van der Waals surface area contributed by atoms with Gasteiger partial charge in [-0.25, -0.2) is 0 Å². The smallest absolute Gasteiger partial charge is 0.251 e. The van der Waals surface area contributed by atoms with Crippen LogP contribution in [0.2, 0.25) is 0 Å². The number of hydrogen-bond acceptors (Lipinski definition) is 2. The standard InChI is InChI=1S/C18H20N2O2/c1-20(2)17(21)13-16(14-9-5-3-6-10-14)19-18(22)15-11-7-4-8-12-15/h3-12,16H,13H2,1-2H3,(H,19,22)/t16-/m0/s1. The second kappa shape index (κ2) is 7.41. The van der Waals surface area contributed by atoms with Crippen molar-refractivity contribution in [1.82, 2.24) is 10.2 Å². The molecule has 2 aromatic rings. The minimum Gasteiger partial charge on any atom is -0.349 e. The molecular formula is C18H20N2O2. The third-order valence-electron chi connectivity index (χ3n) is 3.42. The van der Waals surface area contributed by atoms with Crippen molar-refractivity contribution in [2.24, 2.45) is 0 Å². The number of carbonyl (C=O) groups excluding carboxylic acids is 2. The molecule has 0 aliphatic carbocycles. The number of hydrogen-bond donors (Lipinski definition) is 1. The van der Waals surface area contributed by atoms with E-state index >= 15 is 0 Å². The van der Waals surface area contributed by atoms with E-state index in [-0.39, 0.29) is 24.3 Å². The summed E-state index contributed by atoms with van der Waals surface area (Å²) in [5, 5.41) is 2.95. The summed E-state index contributed by atoms with van der Waals surface area (Å²) in [6.45, 7) is 0. The molecule has 2 aromatic carbocycles. The molecule has 0 bridgehead atoms. The lowest BCUT2D eigenvalue weighted by Gasteiger charge is -2.21. The Morgan fingerprint density at radius 1 is 0.955 bits per heavy atom. The minimum absolute atomic E-state index is 0.0257. The highest BCUT2D eigenvalue weighted by molar-refractivity contribution is 5.94. The number of amides is 2. The van der Waals surface area contributed by atoms with Gasteiger partial charge in [-0.3, -0.25) is 9.59 Å². The third-order valence-corrected chi connectivity index (χ3v) is 3.42. The van der Waals surface area contributed by atoms with E-state index in [1.165, 1.54) is 4.90 Å². The van der Waals surface area contributed by atoms with Gasteiger partial charge in [0.25, 0.3) is 5.91 Å². The molecule has 0 radical (unpaired) electrons. The van der Waals surface area contributed by atoms with Crippen LogP contribution in [0.1, 0.15) is 28.4 Å². The Balaban J connectivity index is 2.18. The number of nitrogens with zero attached hydrogens (tertiary/aromatic N) is 1. The Kier molecular flexibility index (Phi) is 5.31. The molecule has 2 rings (SSSR count). The number of nitrogens with one attached hydrogen (secondary N) is 1. The Morgan fingerprint density at radius 3 is 2.05 bits per heavy atom. The van der Waals surface area contributed by atoms with Crippen LogP contribution >= 0.6 is 0 Å². The van der Waals surface area contributed by atoms with E-state index < -0.39 is 0 Å². The van der Waals surface area contributed by atoms with Crippen LogP contribution in [0.25, 0.3) is 0 Å². The Hall–Kier alpha value is -2.62. The summed E-state index contributed by atoms with van der Waals surface area (Å²) in [4.78, 5) is 25.9. The van der Waals surface area contributed by atoms with Crippen molar-refractivity contribution in [3.05, 3.63) is 71.8 Å². The average molecular weight is 296 g/mol.